The van der Waals surface area contributed by atoms with E-state index in [0.717, 1.165) is 11.6 Å². The lowest BCUT2D eigenvalue weighted by Gasteiger charge is -2.63. The number of hydrogen-bond acceptors (Lipinski definition) is 12. The molecule has 0 bridgehead atoms. The van der Waals surface area contributed by atoms with Gasteiger partial charge in [-0.2, -0.15) is 0 Å². The highest BCUT2D eigenvalue weighted by Crippen LogP contribution is 2.75. The fourth-order valence-electron chi connectivity index (χ4n) is 16.3. The van der Waals surface area contributed by atoms with Crippen molar-refractivity contribution in [2.75, 3.05) is 12.5 Å². The maximum Gasteiger partial charge on any atom is 0.303 e. The Hall–Kier alpha value is -2.79. The van der Waals surface area contributed by atoms with Crippen molar-refractivity contribution < 1.29 is 71.0 Å². The molecule has 0 aromatic rings. The van der Waals surface area contributed by atoms with E-state index in [1.165, 1.54) is 26.0 Å². The maximum absolute atomic E-state index is 17.3. The van der Waals surface area contributed by atoms with Gasteiger partial charge < -0.3 is 33.9 Å². The molecule has 0 spiro atoms. The summed E-state index contributed by atoms with van der Waals surface area (Å²) in [5, 5.41) is 22.9. The van der Waals surface area contributed by atoms with Gasteiger partial charge in [-0.1, -0.05) is 32.4 Å². The number of carbonyl (C=O) groups is 5. The number of alkyl halides is 4. The van der Waals surface area contributed by atoms with Crippen molar-refractivity contribution in [2.45, 2.75) is 185 Å². The van der Waals surface area contributed by atoms with Gasteiger partial charge in [-0.15, -0.1) is 11.6 Å². The van der Waals surface area contributed by atoms with Crippen LogP contribution in [0.4, 0.5) is 13.2 Å². The standard InChI is InChI=1S/C26H32F2O7.C24H32ClFO5/c1-13(29)33-12-20(32)26-21(34-22(2,3)35-26)10-15-16-9-18(27)17-8-14(30)6-7-23(17,4)25(16,28)19(31)11-24(15,26)5;1-20(2)30-19-10-16-15-6-5-13-9-14(27)7-8-21(13,3)23(15,26)17(28)11-22(16,4)24(19,31-20)18(29)12-25/h6-8,15-16,18-19,21,31H,9-12H2,1-5H3;9,15-17,19,28H,5-8,10-12H2,1-4H3/t15-,16-,18-,19-,21+,23-,24-,25-,26+;15-,16-,17-,19+,21-,22-,23-,24+/m00/s1. The average molecular weight is 949 g/mol. The molecule has 8 aliphatic carbocycles. The molecule has 0 aromatic heterocycles. The summed E-state index contributed by atoms with van der Waals surface area (Å²) in [6, 6.07) is 0. The summed E-state index contributed by atoms with van der Waals surface area (Å²) in [6.45, 7) is 14.7. The molecule has 8 fully saturated rings. The first-order chi connectivity index (χ1) is 30.5. The number of allylic oxidation sites excluding steroid dienone is 5. The van der Waals surface area contributed by atoms with Crippen LogP contribution in [0.2, 0.25) is 0 Å². The van der Waals surface area contributed by atoms with Crippen LogP contribution < -0.4 is 0 Å². The predicted molar refractivity (Wildman–Crippen MR) is 231 cm³/mol. The molecule has 6 saturated carbocycles. The van der Waals surface area contributed by atoms with Gasteiger partial charge in [0.15, 0.2) is 52.4 Å². The number of aliphatic hydroxyl groups is 2. The fraction of sp³-hybridized carbons (Fsp3) is 0.780. The van der Waals surface area contributed by atoms with Crippen LogP contribution in [-0.2, 0) is 47.7 Å². The second-order valence-electron chi connectivity index (χ2n) is 22.9. The third-order valence-corrected chi connectivity index (χ3v) is 19.3. The van der Waals surface area contributed by atoms with E-state index in [-0.39, 0.29) is 54.6 Å². The second kappa shape index (κ2) is 14.9. The molecule has 2 saturated heterocycles. The van der Waals surface area contributed by atoms with Crippen molar-refractivity contribution in [1.82, 2.24) is 0 Å². The first-order valence-corrected chi connectivity index (χ1v) is 24.1. The van der Waals surface area contributed by atoms with Crippen LogP contribution in [0.25, 0.3) is 0 Å². The summed E-state index contributed by atoms with van der Waals surface area (Å²) in [7, 11) is 0. The van der Waals surface area contributed by atoms with Gasteiger partial charge in [0.2, 0.25) is 5.78 Å². The topological polar surface area (TPSA) is 172 Å². The number of halogens is 4. The van der Waals surface area contributed by atoms with Crippen LogP contribution >= 0.6 is 11.6 Å². The number of hydrogen-bond donors (Lipinski definition) is 2. The van der Waals surface area contributed by atoms with Gasteiger partial charge in [-0.25, -0.2) is 13.2 Å². The van der Waals surface area contributed by atoms with Crippen molar-refractivity contribution in [3.63, 3.8) is 0 Å². The molecule has 0 aromatic carbocycles. The number of aliphatic hydroxyl groups excluding tert-OH is 2. The minimum absolute atomic E-state index is 0.0377. The van der Waals surface area contributed by atoms with E-state index in [2.05, 4.69) is 0 Å². The minimum atomic E-state index is -2.27. The van der Waals surface area contributed by atoms with E-state index in [1.54, 1.807) is 40.7 Å². The third kappa shape index (κ3) is 5.94. The van der Waals surface area contributed by atoms with E-state index in [1.807, 2.05) is 13.8 Å². The lowest BCUT2D eigenvalue weighted by atomic mass is 9.44. The summed E-state index contributed by atoms with van der Waals surface area (Å²) >= 11 is 6.05. The SMILES string of the molecule is CC(=O)OCC(=O)[C@@]12OC(C)(C)O[C@@H]1C[C@H]1[C@@H]3C[C@H](F)C4=CC(=O)C=C[C@]4(C)[C@@]3(F)[C@@H](O)C[C@@]12C.CC1(C)O[C@@H]2C[C@H]3[C@@H]4CCC5=CC(=O)CC[C@]5(C)[C@@]4(F)[C@@H](O)C[C@]3(C)[C@]2(C(=O)CCl)O1. The molecular weight excluding hydrogens is 885 g/mol. The Labute approximate surface area is 388 Å². The molecule has 10 aliphatic rings. The molecule has 66 heavy (non-hydrogen) atoms. The van der Waals surface area contributed by atoms with Crippen molar-refractivity contribution in [1.29, 1.82) is 0 Å². The van der Waals surface area contributed by atoms with Gasteiger partial charge in [0.25, 0.3) is 0 Å². The molecule has 2 N–H and O–H groups in total. The lowest BCUT2D eigenvalue weighted by molar-refractivity contribution is -0.250. The Kier molecular flexibility index (Phi) is 10.9. The summed E-state index contributed by atoms with van der Waals surface area (Å²) in [5.74, 6) is -6.25. The minimum Gasteiger partial charge on any atom is -0.458 e. The summed E-state index contributed by atoms with van der Waals surface area (Å²) in [4.78, 5) is 62.4. The Morgan fingerprint density at radius 2 is 1.32 bits per heavy atom. The van der Waals surface area contributed by atoms with E-state index >= 15 is 13.2 Å². The van der Waals surface area contributed by atoms with Gasteiger partial charge in [-0.3, -0.25) is 24.0 Å². The highest BCUT2D eigenvalue weighted by molar-refractivity contribution is 6.29. The molecule has 10 rings (SSSR count). The van der Waals surface area contributed by atoms with Crippen molar-refractivity contribution >= 4 is 40.7 Å². The quantitative estimate of drug-likeness (QED) is 0.218. The van der Waals surface area contributed by atoms with Crippen LogP contribution in [-0.4, -0.2) is 117 Å². The average Bonchev–Trinajstić information content (AvgIpc) is 3.84. The molecular formula is C50H64ClF3O12. The molecule has 12 nitrogen and oxygen atoms in total. The zero-order valence-electron chi connectivity index (χ0n) is 39.3. The molecule has 17 atom stereocenters. The van der Waals surface area contributed by atoms with Gasteiger partial charge in [-0.05, 0) is 122 Å². The first kappa shape index (κ1) is 48.2. The van der Waals surface area contributed by atoms with Crippen LogP contribution in [0.1, 0.15) is 120 Å². The third-order valence-electron chi connectivity index (χ3n) is 19.0. The number of fused-ring (bicyclic) bond motifs is 14. The second-order valence-corrected chi connectivity index (χ2v) is 23.2. The fourth-order valence-corrected chi connectivity index (χ4v) is 16.5. The number of rotatable bonds is 5. The van der Waals surface area contributed by atoms with Gasteiger partial charge in [0.05, 0.1) is 30.3 Å². The summed E-state index contributed by atoms with van der Waals surface area (Å²) in [5.41, 5.74) is -10.5. The van der Waals surface area contributed by atoms with Gasteiger partial charge >= 0.3 is 5.97 Å². The zero-order chi connectivity index (χ0) is 48.4. The monoisotopic (exact) mass is 948 g/mol. The number of Topliss-reactive ketones (excluding diaryl/α,β-unsaturated/α-hetero) is 2. The Balaban J connectivity index is 0.000000167. The van der Waals surface area contributed by atoms with E-state index < -0.39 is 128 Å². The largest absolute Gasteiger partial charge is 0.458 e. The Morgan fingerprint density at radius 3 is 1.88 bits per heavy atom. The molecule has 0 unspecified atom stereocenters. The summed E-state index contributed by atoms with van der Waals surface area (Å²) in [6.07, 6.45) is 1.93. The van der Waals surface area contributed by atoms with E-state index in [4.69, 9.17) is 35.3 Å². The number of esters is 1. The van der Waals surface area contributed by atoms with Crippen molar-refractivity contribution in [2.24, 2.45) is 45.3 Å². The van der Waals surface area contributed by atoms with E-state index in [0.29, 0.717) is 32.1 Å². The number of ketones is 4. The smallest absolute Gasteiger partial charge is 0.303 e. The Bertz CT molecular complexity index is 2260. The highest BCUT2D eigenvalue weighted by Gasteiger charge is 2.82. The van der Waals surface area contributed by atoms with Crippen LogP contribution in [0.5, 0.6) is 0 Å². The lowest BCUT2D eigenvalue weighted by Crippen LogP contribution is -2.71. The summed E-state index contributed by atoms with van der Waals surface area (Å²) < 4.78 is 80.0. The maximum atomic E-state index is 17.3. The van der Waals surface area contributed by atoms with Crippen molar-refractivity contribution in [3.8, 4) is 0 Å². The molecule has 0 radical (unpaired) electrons. The first-order valence-electron chi connectivity index (χ1n) is 23.6. The van der Waals surface area contributed by atoms with Crippen LogP contribution in [0.15, 0.2) is 35.5 Å². The number of ether oxygens (including phenoxy) is 5. The van der Waals surface area contributed by atoms with Gasteiger partial charge in [0.1, 0.15) is 11.8 Å². The van der Waals surface area contributed by atoms with E-state index in [9.17, 15) is 34.2 Å². The highest BCUT2D eigenvalue weighted by atomic mass is 35.5. The van der Waals surface area contributed by atoms with Crippen LogP contribution in [0.3, 0.4) is 0 Å². The zero-order valence-corrected chi connectivity index (χ0v) is 40.0. The molecule has 2 aliphatic heterocycles. The molecule has 2 heterocycles. The predicted octanol–water partition coefficient (Wildman–Crippen LogP) is 6.83. The Morgan fingerprint density at radius 1 is 0.773 bits per heavy atom. The number of carbonyl (C=O) groups excluding carboxylic acids is 5. The normalized spacial score (nSPS) is 50.9. The molecule has 16 heteroatoms. The van der Waals surface area contributed by atoms with Crippen LogP contribution in [0, 0.1) is 45.3 Å². The van der Waals surface area contributed by atoms with Crippen molar-refractivity contribution in [3.05, 3.63) is 35.5 Å². The van der Waals surface area contributed by atoms with Gasteiger partial charge in [0, 0.05) is 46.8 Å². The molecule has 0 amide bonds. The molecule has 364 valence electrons.